The van der Waals surface area contributed by atoms with Crippen molar-refractivity contribution in [1.82, 2.24) is 24.6 Å². The Morgan fingerprint density at radius 1 is 1.52 bits per heavy atom. The molecule has 0 spiro atoms. The summed E-state index contributed by atoms with van der Waals surface area (Å²) in [6.07, 6.45) is 2.25. The van der Waals surface area contributed by atoms with Crippen LogP contribution in [-0.2, 0) is 21.8 Å². The van der Waals surface area contributed by atoms with Gasteiger partial charge in [0.25, 0.3) is 10.0 Å². The van der Waals surface area contributed by atoms with Gasteiger partial charge in [0, 0.05) is 26.2 Å². The zero-order valence-electron chi connectivity index (χ0n) is 11.7. The van der Waals surface area contributed by atoms with E-state index >= 15 is 0 Å². The molecule has 2 atom stereocenters. The topological polar surface area (TPSA) is 89.3 Å². The largest absolute Gasteiger partial charge is 0.374 e. The van der Waals surface area contributed by atoms with E-state index in [9.17, 15) is 8.42 Å². The average Bonchev–Trinajstić information content (AvgIpc) is 3.02. The molecule has 10 heteroatoms. The van der Waals surface area contributed by atoms with Crippen molar-refractivity contribution in [2.75, 3.05) is 26.2 Å². The van der Waals surface area contributed by atoms with Crippen molar-refractivity contribution < 1.29 is 13.2 Å². The number of morpholine rings is 1. The van der Waals surface area contributed by atoms with Crippen LogP contribution in [0.15, 0.2) is 9.63 Å². The zero-order chi connectivity index (χ0) is 15.0. The lowest BCUT2D eigenvalue weighted by atomic mass is 10.2. The van der Waals surface area contributed by atoms with Crippen molar-refractivity contribution in [3.63, 3.8) is 0 Å². The van der Waals surface area contributed by atoms with Gasteiger partial charge in [-0.1, -0.05) is 5.21 Å². The highest BCUT2D eigenvalue weighted by Gasteiger charge is 2.33. The number of ether oxygens (including phenoxy) is 1. The highest BCUT2D eigenvalue weighted by atomic mass is 79.9. The van der Waals surface area contributed by atoms with Crippen LogP contribution in [-0.4, -0.2) is 66.7 Å². The van der Waals surface area contributed by atoms with E-state index in [0.717, 1.165) is 13.1 Å². The molecule has 1 aromatic rings. The van der Waals surface area contributed by atoms with Gasteiger partial charge in [0.1, 0.15) is 0 Å². The molecule has 118 valence electrons. The second kappa shape index (κ2) is 5.92. The maximum atomic E-state index is 12.3. The van der Waals surface area contributed by atoms with E-state index < -0.39 is 10.0 Å². The molecule has 21 heavy (non-hydrogen) atoms. The summed E-state index contributed by atoms with van der Waals surface area (Å²) in [6.45, 7) is 2.79. The van der Waals surface area contributed by atoms with Crippen LogP contribution in [0, 0.1) is 0 Å². The summed E-state index contributed by atoms with van der Waals surface area (Å²) in [5, 5.41) is 7.40. The molecular weight excluding hydrogens is 362 g/mol. The molecule has 0 amide bonds. The first kappa shape index (κ1) is 15.3. The quantitative estimate of drug-likeness (QED) is 0.773. The fourth-order valence-electron chi connectivity index (χ4n) is 2.89. The summed E-state index contributed by atoms with van der Waals surface area (Å²) in [7, 11) is -2.12. The molecule has 0 bridgehead atoms. The summed E-state index contributed by atoms with van der Waals surface area (Å²) in [4.78, 5) is 2.38. The van der Waals surface area contributed by atoms with Crippen molar-refractivity contribution in [2.24, 2.45) is 7.05 Å². The summed E-state index contributed by atoms with van der Waals surface area (Å²) in [5.74, 6) is 0. The first-order chi connectivity index (χ1) is 9.97. The Bertz CT molecular complexity index is 600. The van der Waals surface area contributed by atoms with Crippen molar-refractivity contribution in [1.29, 1.82) is 0 Å². The molecular formula is C11H18BrN5O3S. The fraction of sp³-hybridized carbons (Fsp3) is 0.818. The van der Waals surface area contributed by atoms with Crippen LogP contribution < -0.4 is 4.72 Å². The number of aryl methyl sites for hydroxylation is 1. The minimum atomic E-state index is -3.66. The van der Waals surface area contributed by atoms with E-state index in [1.165, 1.54) is 24.6 Å². The van der Waals surface area contributed by atoms with Crippen LogP contribution in [0.3, 0.4) is 0 Å². The molecule has 1 aromatic heterocycles. The van der Waals surface area contributed by atoms with Gasteiger partial charge in [-0.05, 0) is 35.3 Å². The third kappa shape index (κ3) is 3.14. The molecule has 0 radical (unpaired) electrons. The van der Waals surface area contributed by atoms with Crippen LogP contribution in [0.25, 0.3) is 0 Å². The van der Waals surface area contributed by atoms with Crippen molar-refractivity contribution in [3.05, 3.63) is 4.60 Å². The molecule has 0 aliphatic carbocycles. The second-order valence-electron chi connectivity index (χ2n) is 5.41. The van der Waals surface area contributed by atoms with E-state index in [1.54, 1.807) is 0 Å². The van der Waals surface area contributed by atoms with Crippen LogP contribution >= 0.6 is 15.9 Å². The van der Waals surface area contributed by atoms with Gasteiger partial charge in [-0.3, -0.25) is 4.90 Å². The SMILES string of the molecule is Cn1nnc(Br)c1S(=O)(=O)NCC1CN2CCCC2CO1. The first-order valence-corrected chi connectivity index (χ1v) is 9.15. The van der Waals surface area contributed by atoms with E-state index in [4.69, 9.17) is 4.74 Å². The normalized spacial score (nSPS) is 27.0. The number of hydrogen-bond donors (Lipinski definition) is 1. The Kier molecular flexibility index (Phi) is 4.33. The number of halogens is 1. The standard InChI is InChI=1S/C11H18BrN5O3S/c1-16-11(10(12)14-15-16)21(18,19)13-5-9-6-17-4-2-3-8(17)7-20-9/h8-9,13H,2-7H2,1H3. The zero-order valence-corrected chi connectivity index (χ0v) is 14.1. The van der Waals surface area contributed by atoms with Gasteiger partial charge in [-0.25, -0.2) is 17.8 Å². The summed E-state index contributed by atoms with van der Waals surface area (Å²) >= 11 is 3.10. The maximum absolute atomic E-state index is 12.3. The fourth-order valence-corrected chi connectivity index (χ4v) is 5.04. The molecule has 1 N–H and O–H groups in total. The summed E-state index contributed by atoms with van der Waals surface area (Å²) in [6, 6.07) is 0.508. The van der Waals surface area contributed by atoms with E-state index in [-0.39, 0.29) is 22.3 Å². The Balaban J connectivity index is 1.62. The lowest BCUT2D eigenvalue weighted by Gasteiger charge is -2.35. The number of rotatable bonds is 4. The van der Waals surface area contributed by atoms with Gasteiger partial charge in [-0.2, -0.15) is 0 Å². The monoisotopic (exact) mass is 379 g/mol. The maximum Gasteiger partial charge on any atom is 0.260 e. The summed E-state index contributed by atoms with van der Waals surface area (Å²) in [5.41, 5.74) is 0. The van der Waals surface area contributed by atoms with Crippen LogP contribution in [0.1, 0.15) is 12.8 Å². The lowest BCUT2D eigenvalue weighted by Crippen LogP contribution is -2.50. The number of sulfonamides is 1. The molecule has 3 heterocycles. The van der Waals surface area contributed by atoms with Gasteiger partial charge in [0.2, 0.25) is 5.03 Å². The van der Waals surface area contributed by atoms with Crippen molar-refractivity contribution >= 4 is 26.0 Å². The van der Waals surface area contributed by atoms with Crippen molar-refractivity contribution in [2.45, 2.75) is 30.0 Å². The van der Waals surface area contributed by atoms with Crippen molar-refractivity contribution in [3.8, 4) is 0 Å². The molecule has 0 saturated carbocycles. The molecule has 3 rings (SSSR count). The average molecular weight is 380 g/mol. The molecule has 0 aromatic carbocycles. The minimum Gasteiger partial charge on any atom is -0.374 e. The van der Waals surface area contributed by atoms with E-state index in [2.05, 4.69) is 35.9 Å². The molecule has 2 unspecified atom stereocenters. The molecule has 2 saturated heterocycles. The molecule has 2 fully saturated rings. The Morgan fingerprint density at radius 2 is 2.33 bits per heavy atom. The van der Waals surface area contributed by atoms with Gasteiger partial charge in [0.15, 0.2) is 4.60 Å². The van der Waals surface area contributed by atoms with E-state index in [0.29, 0.717) is 12.6 Å². The van der Waals surface area contributed by atoms with Crippen LogP contribution in [0.5, 0.6) is 0 Å². The number of nitrogens with one attached hydrogen (secondary N) is 1. The number of nitrogens with zero attached hydrogens (tertiary/aromatic N) is 4. The predicted molar refractivity (Wildman–Crippen MR) is 78.2 cm³/mol. The smallest absolute Gasteiger partial charge is 0.260 e. The molecule has 8 nitrogen and oxygen atoms in total. The minimum absolute atomic E-state index is 0.0253. The number of aromatic nitrogens is 3. The van der Waals surface area contributed by atoms with Gasteiger partial charge < -0.3 is 4.74 Å². The lowest BCUT2D eigenvalue weighted by molar-refractivity contribution is -0.0449. The third-order valence-corrected chi connectivity index (χ3v) is 6.26. The second-order valence-corrected chi connectivity index (χ2v) is 7.84. The Labute approximate surface area is 132 Å². The highest BCUT2D eigenvalue weighted by Crippen LogP contribution is 2.23. The first-order valence-electron chi connectivity index (χ1n) is 6.88. The van der Waals surface area contributed by atoms with Gasteiger partial charge in [0.05, 0.1) is 12.7 Å². The summed E-state index contributed by atoms with van der Waals surface area (Å²) < 4.78 is 34.4. The van der Waals surface area contributed by atoms with Crippen LogP contribution in [0.4, 0.5) is 0 Å². The predicted octanol–water partition coefficient (Wildman–Crippen LogP) is -0.281. The van der Waals surface area contributed by atoms with Crippen LogP contribution in [0.2, 0.25) is 0 Å². The third-order valence-electron chi connectivity index (χ3n) is 3.95. The molecule has 2 aliphatic rings. The van der Waals surface area contributed by atoms with Gasteiger partial charge >= 0.3 is 0 Å². The molecule has 2 aliphatic heterocycles. The Hall–Kier alpha value is -0.550. The number of fused-ring (bicyclic) bond motifs is 1. The Morgan fingerprint density at radius 3 is 3.05 bits per heavy atom. The van der Waals surface area contributed by atoms with E-state index in [1.807, 2.05) is 0 Å². The van der Waals surface area contributed by atoms with Gasteiger partial charge in [-0.15, -0.1) is 5.10 Å². The number of hydrogen-bond acceptors (Lipinski definition) is 6. The highest BCUT2D eigenvalue weighted by molar-refractivity contribution is 9.10.